The van der Waals surface area contributed by atoms with E-state index >= 15 is 0 Å². The quantitative estimate of drug-likeness (QED) is 0.859. The maximum atomic E-state index is 12.2. The van der Waals surface area contributed by atoms with Crippen molar-refractivity contribution in [2.24, 2.45) is 0 Å². The molecule has 7 nitrogen and oxygen atoms in total. The van der Waals surface area contributed by atoms with Crippen molar-refractivity contribution in [1.29, 1.82) is 0 Å². The summed E-state index contributed by atoms with van der Waals surface area (Å²) in [6.45, 7) is 0.927. The van der Waals surface area contributed by atoms with Crippen LogP contribution in [0.25, 0.3) is 11.1 Å². The van der Waals surface area contributed by atoms with Crippen LogP contribution in [0.5, 0.6) is 0 Å². The lowest BCUT2D eigenvalue weighted by atomic mass is 10.2. The van der Waals surface area contributed by atoms with Gasteiger partial charge in [-0.25, -0.2) is 17.9 Å². The van der Waals surface area contributed by atoms with Crippen LogP contribution >= 0.6 is 0 Å². The number of hydrogen-bond donors (Lipinski definition) is 2. The van der Waals surface area contributed by atoms with E-state index < -0.39 is 15.8 Å². The zero-order valence-corrected chi connectivity index (χ0v) is 11.4. The summed E-state index contributed by atoms with van der Waals surface area (Å²) in [5.74, 6) is -0.609. The highest BCUT2D eigenvalue weighted by Crippen LogP contribution is 2.17. The molecule has 1 aliphatic rings. The van der Waals surface area contributed by atoms with Gasteiger partial charge in [0.05, 0.1) is 16.5 Å². The minimum atomic E-state index is -3.62. The van der Waals surface area contributed by atoms with Crippen LogP contribution in [0.1, 0.15) is 12.8 Å². The van der Waals surface area contributed by atoms with E-state index in [9.17, 15) is 13.2 Å². The van der Waals surface area contributed by atoms with Crippen LogP contribution in [0.2, 0.25) is 0 Å². The number of rotatable bonds is 4. The second-order valence-electron chi connectivity index (χ2n) is 4.66. The number of ether oxygens (including phenoxy) is 1. The molecule has 1 aliphatic heterocycles. The summed E-state index contributed by atoms with van der Waals surface area (Å²) < 4.78 is 37.0. The summed E-state index contributed by atoms with van der Waals surface area (Å²) in [5.41, 5.74) is 0.683. The lowest BCUT2D eigenvalue weighted by molar-refractivity contribution is 0.114. The van der Waals surface area contributed by atoms with Crippen molar-refractivity contribution in [1.82, 2.24) is 9.71 Å². The third kappa shape index (κ3) is 2.62. The SMILES string of the molecule is O=c1[nH]c2cc(S(=O)(=O)NCC3CCCO3)ccc2o1. The largest absolute Gasteiger partial charge is 0.417 e. The lowest BCUT2D eigenvalue weighted by Gasteiger charge is -2.11. The Morgan fingerprint density at radius 3 is 3.00 bits per heavy atom. The van der Waals surface area contributed by atoms with E-state index in [4.69, 9.17) is 9.15 Å². The minimum absolute atomic E-state index is 0.0674. The highest BCUT2D eigenvalue weighted by atomic mass is 32.2. The summed E-state index contributed by atoms with van der Waals surface area (Å²) in [6, 6.07) is 4.23. The Labute approximate surface area is 115 Å². The Kier molecular flexibility index (Phi) is 3.36. The summed E-state index contributed by atoms with van der Waals surface area (Å²) in [7, 11) is -3.62. The standard InChI is InChI=1S/C12H14N2O5S/c15-12-14-10-6-9(3-4-11(10)19-12)20(16,17)13-7-8-2-1-5-18-8/h3-4,6,8,13H,1-2,5,7H2,(H,14,15). The van der Waals surface area contributed by atoms with E-state index in [1.807, 2.05) is 0 Å². The molecular weight excluding hydrogens is 284 g/mol. The number of aromatic amines is 1. The Morgan fingerprint density at radius 1 is 1.40 bits per heavy atom. The van der Waals surface area contributed by atoms with Crippen molar-refractivity contribution in [3.8, 4) is 0 Å². The van der Waals surface area contributed by atoms with Crippen molar-refractivity contribution < 1.29 is 17.6 Å². The molecule has 0 amide bonds. The average Bonchev–Trinajstić information content (AvgIpc) is 3.03. The molecule has 3 rings (SSSR count). The second-order valence-corrected chi connectivity index (χ2v) is 6.43. The van der Waals surface area contributed by atoms with Gasteiger partial charge in [0.2, 0.25) is 10.0 Å². The van der Waals surface area contributed by atoms with E-state index in [0.29, 0.717) is 17.7 Å². The van der Waals surface area contributed by atoms with Gasteiger partial charge in [0.25, 0.3) is 0 Å². The molecule has 1 aromatic heterocycles. The summed E-state index contributed by atoms with van der Waals surface area (Å²) in [4.78, 5) is 13.6. The predicted octanol–water partition coefficient (Wildman–Crippen LogP) is 0.578. The fourth-order valence-corrected chi connectivity index (χ4v) is 3.28. The number of H-pyrrole nitrogens is 1. The summed E-state index contributed by atoms with van der Waals surface area (Å²) in [6.07, 6.45) is 1.74. The van der Waals surface area contributed by atoms with Gasteiger partial charge in [-0.3, -0.25) is 4.98 Å². The second kappa shape index (κ2) is 5.04. The number of hydrogen-bond acceptors (Lipinski definition) is 5. The van der Waals surface area contributed by atoms with Crippen LogP contribution in [0.3, 0.4) is 0 Å². The number of aromatic nitrogens is 1. The normalized spacial score (nSPS) is 19.7. The molecule has 0 aliphatic carbocycles. The molecule has 1 aromatic carbocycles. The van der Waals surface area contributed by atoms with E-state index in [1.165, 1.54) is 18.2 Å². The molecule has 1 atom stereocenters. The first-order valence-corrected chi connectivity index (χ1v) is 7.77. The molecule has 2 N–H and O–H groups in total. The van der Waals surface area contributed by atoms with Gasteiger partial charge in [-0.2, -0.15) is 0 Å². The van der Waals surface area contributed by atoms with Gasteiger partial charge in [-0.1, -0.05) is 0 Å². The highest BCUT2D eigenvalue weighted by molar-refractivity contribution is 7.89. The van der Waals surface area contributed by atoms with Crippen LogP contribution in [-0.4, -0.2) is 32.7 Å². The first kappa shape index (κ1) is 13.3. The molecule has 1 saturated heterocycles. The molecule has 20 heavy (non-hydrogen) atoms. The van der Waals surface area contributed by atoms with Crippen molar-refractivity contribution >= 4 is 21.1 Å². The van der Waals surface area contributed by atoms with Gasteiger partial charge in [0.15, 0.2) is 5.58 Å². The van der Waals surface area contributed by atoms with E-state index in [2.05, 4.69) is 9.71 Å². The van der Waals surface area contributed by atoms with Gasteiger partial charge in [-0.05, 0) is 31.0 Å². The summed E-state index contributed by atoms with van der Waals surface area (Å²) >= 11 is 0. The Hall–Kier alpha value is -1.64. The molecular formula is C12H14N2O5S. The molecule has 0 spiro atoms. The third-order valence-electron chi connectivity index (χ3n) is 3.23. The highest BCUT2D eigenvalue weighted by Gasteiger charge is 2.20. The van der Waals surface area contributed by atoms with Crippen LogP contribution in [0.4, 0.5) is 0 Å². The number of benzene rings is 1. The molecule has 0 saturated carbocycles. The van der Waals surface area contributed by atoms with Crippen LogP contribution in [-0.2, 0) is 14.8 Å². The first-order valence-electron chi connectivity index (χ1n) is 6.29. The van der Waals surface area contributed by atoms with Gasteiger partial charge in [-0.15, -0.1) is 0 Å². The van der Waals surface area contributed by atoms with Gasteiger partial charge in [0, 0.05) is 13.2 Å². The molecule has 2 heterocycles. The van der Waals surface area contributed by atoms with E-state index in [1.54, 1.807) is 0 Å². The zero-order chi connectivity index (χ0) is 14.2. The number of oxazole rings is 1. The molecule has 2 aromatic rings. The number of sulfonamides is 1. The molecule has 0 radical (unpaired) electrons. The molecule has 0 bridgehead atoms. The fourth-order valence-electron chi connectivity index (χ4n) is 2.19. The van der Waals surface area contributed by atoms with Crippen molar-refractivity contribution in [2.45, 2.75) is 23.8 Å². The van der Waals surface area contributed by atoms with E-state index in [-0.39, 0.29) is 17.5 Å². The number of fused-ring (bicyclic) bond motifs is 1. The van der Waals surface area contributed by atoms with Crippen LogP contribution in [0.15, 0.2) is 32.3 Å². The molecule has 1 unspecified atom stereocenters. The van der Waals surface area contributed by atoms with Crippen molar-refractivity contribution in [3.05, 3.63) is 28.7 Å². The van der Waals surface area contributed by atoms with Gasteiger partial charge >= 0.3 is 5.76 Å². The third-order valence-corrected chi connectivity index (χ3v) is 4.65. The van der Waals surface area contributed by atoms with Crippen molar-refractivity contribution in [2.75, 3.05) is 13.2 Å². The summed E-state index contributed by atoms with van der Waals surface area (Å²) in [5, 5.41) is 0. The fraction of sp³-hybridized carbons (Fsp3) is 0.417. The maximum absolute atomic E-state index is 12.2. The lowest BCUT2D eigenvalue weighted by Crippen LogP contribution is -2.31. The Bertz CT molecular complexity index is 770. The smallest absolute Gasteiger partial charge is 0.408 e. The van der Waals surface area contributed by atoms with Crippen LogP contribution in [0, 0.1) is 0 Å². The Morgan fingerprint density at radius 2 is 2.25 bits per heavy atom. The molecule has 8 heteroatoms. The maximum Gasteiger partial charge on any atom is 0.417 e. The van der Waals surface area contributed by atoms with Crippen LogP contribution < -0.4 is 10.5 Å². The van der Waals surface area contributed by atoms with Gasteiger partial charge in [0.1, 0.15) is 0 Å². The number of nitrogens with one attached hydrogen (secondary N) is 2. The van der Waals surface area contributed by atoms with Crippen molar-refractivity contribution in [3.63, 3.8) is 0 Å². The minimum Gasteiger partial charge on any atom is -0.408 e. The topological polar surface area (TPSA) is 101 Å². The molecule has 1 fully saturated rings. The monoisotopic (exact) mass is 298 g/mol. The predicted molar refractivity (Wildman–Crippen MR) is 71.0 cm³/mol. The zero-order valence-electron chi connectivity index (χ0n) is 10.6. The van der Waals surface area contributed by atoms with Gasteiger partial charge < -0.3 is 9.15 Å². The Balaban J connectivity index is 1.82. The van der Waals surface area contributed by atoms with E-state index in [0.717, 1.165) is 12.8 Å². The average molecular weight is 298 g/mol. The molecule has 108 valence electrons. The first-order chi connectivity index (χ1) is 9.54.